The summed E-state index contributed by atoms with van der Waals surface area (Å²) in [4.78, 5) is 0. The van der Waals surface area contributed by atoms with E-state index in [2.05, 4.69) is 35.0 Å². The second-order valence-electron chi connectivity index (χ2n) is 3.60. The zero-order valence-corrected chi connectivity index (χ0v) is 10.3. The maximum absolute atomic E-state index is 5.81. The van der Waals surface area contributed by atoms with E-state index < -0.39 is 0 Å². The van der Waals surface area contributed by atoms with E-state index in [1.807, 2.05) is 24.3 Å². The molecule has 1 aromatic carbocycles. The molecule has 1 nitrogen and oxygen atoms in total. The number of rotatable bonds is 2. The Morgan fingerprint density at radius 1 is 1.27 bits per heavy atom. The molecular formula is C13H13BrO. The summed E-state index contributed by atoms with van der Waals surface area (Å²) in [6, 6.07) is 6.07. The van der Waals surface area contributed by atoms with Gasteiger partial charge in [0.1, 0.15) is 11.5 Å². The Bertz CT molecular complexity index is 419. The number of allylic oxidation sites excluding steroid dienone is 3. The minimum atomic E-state index is 0.919. The third-order valence-corrected chi connectivity index (χ3v) is 2.83. The van der Waals surface area contributed by atoms with Gasteiger partial charge >= 0.3 is 0 Å². The fraction of sp³-hybridized carbons (Fsp3) is 0.231. The van der Waals surface area contributed by atoms with E-state index in [-0.39, 0.29) is 0 Å². The van der Waals surface area contributed by atoms with Crippen LogP contribution in [0.25, 0.3) is 0 Å². The van der Waals surface area contributed by atoms with Gasteiger partial charge in [0.05, 0.1) is 0 Å². The van der Waals surface area contributed by atoms with E-state index in [4.69, 9.17) is 4.74 Å². The molecule has 0 radical (unpaired) electrons. The van der Waals surface area contributed by atoms with Crippen molar-refractivity contribution in [3.05, 3.63) is 52.2 Å². The van der Waals surface area contributed by atoms with E-state index >= 15 is 0 Å². The predicted molar refractivity (Wildman–Crippen MR) is 66.0 cm³/mol. The minimum Gasteiger partial charge on any atom is -0.457 e. The fourth-order valence-corrected chi connectivity index (χ4v) is 1.82. The molecule has 78 valence electrons. The van der Waals surface area contributed by atoms with Crippen LogP contribution in [-0.2, 0) is 0 Å². The molecule has 0 amide bonds. The lowest BCUT2D eigenvalue weighted by Gasteiger charge is -2.11. The lowest BCUT2D eigenvalue weighted by molar-refractivity contribution is 0.435. The fourth-order valence-electron chi connectivity index (χ4n) is 1.48. The van der Waals surface area contributed by atoms with Gasteiger partial charge in [0.15, 0.2) is 0 Å². The summed E-state index contributed by atoms with van der Waals surface area (Å²) in [5, 5.41) is 0. The van der Waals surface area contributed by atoms with Crippen LogP contribution in [0.1, 0.15) is 18.4 Å². The van der Waals surface area contributed by atoms with Gasteiger partial charge in [-0.3, -0.25) is 0 Å². The normalized spacial score (nSPS) is 14.9. The molecule has 0 fully saturated rings. The number of hydrogen-bond donors (Lipinski definition) is 0. The van der Waals surface area contributed by atoms with Crippen LogP contribution in [0, 0.1) is 6.92 Å². The first-order chi connectivity index (χ1) is 7.25. The molecule has 0 aromatic heterocycles. The largest absolute Gasteiger partial charge is 0.457 e. The molecule has 0 heterocycles. The molecule has 15 heavy (non-hydrogen) atoms. The van der Waals surface area contributed by atoms with Crippen LogP contribution in [0.2, 0.25) is 0 Å². The van der Waals surface area contributed by atoms with E-state index in [1.54, 1.807) is 0 Å². The summed E-state index contributed by atoms with van der Waals surface area (Å²) in [7, 11) is 0. The Morgan fingerprint density at radius 3 is 2.87 bits per heavy atom. The van der Waals surface area contributed by atoms with Crippen molar-refractivity contribution in [2.75, 3.05) is 0 Å². The van der Waals surface area contributed by atoms with Gasteiger partial charge in [-0.05, 0) is 49.6 Å². The summed E-state index contributed by atoms with van der Waals surface area (Å²) in [5.74, 6) is 1.87. The number of halogens is 1. The first-order valence-corrected chi connectivity index (χ1v) is 5.86. The Morgan fingerprint density at radius 2 is 2.13 bits per heavy atom. The maximum Gasteiger partial charge on any atom is 0.131 e. The molecule has 0 N–H and O–H groups in total. The van der Waals surface area contributed by atoms with Crippen molar-refractivity contribution < 1.29 is 4.74 Å². The second kappa shape index (κ2) is 4.67. The van der Waals surface area contributed by atoms with Gasteiger partial charge in [-0.15, -0.1) is 0 Å². The molecule has 0 aliphatic heterocycles. The first kappa shape index (κ1) is 10.5. The molecule has 0 saturated heterocycles. The van der Waals surface area contributed by atoms with Gasteiger partial charge in [0.25, 0.3) is 0 Å². The molecule has 0 atom stereocenters. The Kier molecular flexibility index (Phi) is 3.27. The zero-order chi connectivity index (χ0) is 10.7. The lowest BCUT2D eigenvalue weighted by Crippen LogP contribution is -1.96. The van der Waals surface area contributed by atoms with Crippen LogP contribution < -0.4 is 4.74 Å². The number of ether oxygens (including phenoxy) is 1. The van der Waals surface area contributed by atoms with Gasteiger partial charge in [0, 0.05) is 4.47 Å². The van der Waals surface area contributed by atoms with E-state index in [9.17, 15) is 0 Å². The van der Waals surface area contributed by atoms with E-state index in [0.29, 0.717) is 0 Å². The molecule has 0 spiro atoms. The van der Waals surface area contributed by atoms with Crippen LogP contribution in [0.3, 0.4) is 0 Å². The topological polar surface area (TPSA) is 9.23 Å². The van der Waals surface area contributed by atoms with Crippen molar-refractivity contribution in [3.63, 3.8) is 0 Å². The highest BCUT2D eigenvalue weighted by molar-refractivity contribution is 9.10. The van der Waals surface area contributed by atoms with E-state index in [0.717, 1.165) is 34.4 Å². The molecule has 0 bridgehead atoms. The number of aryl methyl sites for hydroxylation is 1. The molecule has 1 aromatic rings. The van der Waals surface area contributed by atoms with Crippen molar-refractivity contribution in [1.82, 2.24) is 0 Å². The highest BCUT2D eigenvalue weighted by Gasteiger charge is 2.04. The SMILES string of the molecule is Cc1ccc(Br)cc1OC1=CCCC=C1. The van der Waals surface area contributed by atoms with Crippen molar-refractivity contribution >= 4 is 15.9 Å². The highest BCUT2D eigenvalue weighted by atomic mass is 79.9. The predicted octanol–water partition coefficient (Wildman–Crippen LogP) is 4.37. The van der Waals surface area contributed by atoms with Crippen LogP contribution >= 0.6 is 15.9 Å². The molecule has 1 aliphatic rings. The zero-order valence-electron chi connectivity index (χ0n) is 8.66. The maximum atomic E-state index is 5.81. The highest BCUT2D eigenvalue weighted by Crippen LogP contribution is 2.25. The standard InChI is InChI=1S/C13H13BrO/c1-10-7-8-11(14)9-13(10)15-12-5-3-2-4-6-12/h3,5-9H,2,4H2,1H3. The molecule has 0 saturated carbocycles. The van der Waals surface area contributed by atoms with Crippen LogP contribution in [0.5, 0.6) is 5.75 Å². The lowest BCUT2D eigenvalue weighted by atomic mass is 10.2. The van der Waals surface area contributed by atoms with Crippen molar-refractivity contribution in [2.45, 2.75) is 19.8 Å². The summed E-state index contributed by atoms with van der Waals surface area (Å²) in [6.07, 6.45) is 8.48. The Labute approximate surface area is 98.6 Å². The Balaban J connectivity index is 2.20. The molecule has 2 heteroatoms. The number of benzene rings is 1. The molecule has 0 unspecified atom stereocenters. The van der Waals surface area contributed by atoms with Gasteiger partial charge in [0.2, 0.25) is 0 Å². The van der Waals surface area contributed by atoms with Crippen molar-refractivity contribution in [2.24, 2.45) is 0 Å². The summed E-state index contributed by atoms with van der Waals surface area (Å²) in [5.41, 5.74) is 1.15. The third-order valence-electron chi connectivity index (χ3n) is 2.34. The summed E-state index contributed by atoms with van der Waals surface area (Å²) < 4.78 is 6.86. The smallest absolute Gasteiger partial charge is 0.131 e. The van der Waals surface area contributed by atoms with Crippen LogP contribution in [0.4, 0.5) is 0 Å². The third kappa shape index (κ3) is 2.72. The van der Waals surface area contributed by atoms with Crippen LogP contribution in [0.15, 0.2) is 46.7 Å². The van der Waals surface area contributed by atoms with Gasteiger partial charge in [-0.25, -0.2) is 0 Å². The van der Waals surface area contributed by atoms with Gasteiger partial charge in [-0.2, -0.15) is 0 Å². The average Bonchev–Trinajstić information content (AvgIpc) is 2.25. The monoisotopic (exact) mass is 264 g/mol. The van der Waals surface area contributed by atoms with Gasteiger partial charge < -0.3 is 4.74 Å². The summed E-state index contributed by atoms with van der Waals surface area (Å²) >= 11 is 3.44. The molecule has 1 aliphatic carbocycles. The average molecular weight is 265 g/mol. The first-order valence-electron chi connectivity index (χ1n) is 5.06. The second-order valence-corrected chi connectivity index (χ2v) is 4.51. The van der Waals surface area contributed by atoms with E-state index in [1.165, 1.54) is 0 Å². The number of hydrogen-bond acceptors (Lipinski definition) is 1. The van der Waals surface area contributed by atoms with Crippen molar-refractivity contribution in [1.29, 1.82) is 0 Å². The quantitative estimate of drug-likeness (QED) is 0.771. The minimum absolute atomic E-state index is 0.919. The Hall–Kier alpha value is -1.02. The molecule has 2 rings (SSSR count). The van der Waals surface area contributed by atoms with Gasteiger partial charge in [-0.1, -0.05) is 28.1 Å². The van der Waals surface area contributed by atoms with Crippen LogP contribution in [-0.4, -0.2) is 0 Å². The van der Waals surface area contributed by atoms with Crippen molar-refractivity contribution in [3.8, 4) is 5.75 Å². The molecular weight excluding hydrogens is 252 g/mol. The summed E-state index contributed by atoms with van der Waals surface area (Å²) in [6.45, 7) is 2.05.